The van der Waals surface area contributed by atoms with Crippen LogP contribution in [0.25, 0.3) is 0 Å². The van der Waals surface area contributed by atoms with Gasteiger partial charge in [-0.05, 0) is 24.6 Å². The van der Waals surface area contributed by atoms with Crippen molar-refractivity contribution in [3.05, 3.63) is 53.7 Å². The van der Waals surface area contributed by atoms with Gasteiger partial charge < -0.3 is 9.32 Å². The Kier molecular flexibility index (Phi) is 4.32. The number of piperazine rings is 1. The van der Waals surface area contributed by atoms with Gasteiger partial charge in [-0.25, -0.2) is 8.42 Å². The van der Waals surface area contributed by atoms with Crippen molar-refractivity contribution in [3.63, 3.8) is 0 Å². The van der Waals surface area contributed by atoms with Crippen LogP contribution in [0.3, 0.4) is 0 Å². The molecule has 0 radical (unpaired) electrons. The molecule has 7 nitrogen and oxygen atoms in total. The van der Waals surface area contributed by atoms with Crippen molar-refractivity contribution in [2.75, 3.05) is 24.6 Å². The maximum atomic E-state index is 12.9. The van der Waals surface area contributed by atoms with Gasteiger partial charge >= 0.3 is 0 Å². The number of sulfone groups is 1. The van der Waals surface area contributed by atoms with Crippen molar-refractivity contribution in [2.45, 2.75) is 25.6 Å². The van der Waals surface area contributed by atoms with E-state index in [9.17, 15) is 13.2 Å². The summed E-state index contributed by atoms with van der Waals surface area (Å²) in [7, 11) is -3.17. The van der Waals surface area contributed by atoms with E-state index >= 15 is 0 Å². The van der Waals surface area contributed by atoms with Crippen molar-refractivity contribution in [1.29, 1.82) is 0 Å². The number of aryl methyl sites for hydroxylation is 1. The molecule has 4 heterocycles. The van der Waals surface area contributed by atoms with Gasteiger partial charge in [0.1, 0.15) is 5.76 Å². The van der Waals surface area contributed by atoms with Crippen LogP contribution in [-0.2, 0) is 16.4 Å². The number of fused-ring (bicyclic) bond motifs is 1. The van der Waals surface area contributed by atoms with Crippen LogP contribution in [0.2, 0.25) is 0 Å². The van der Waals surface area contributed by atoms with Gasteiger partial charge in [0.05, 0.1) is 29.4 Å². The second-order valence-electron chi connectivity index (χ2n) is 6.93. The molecular weight excluding hydrogens is 354 g/mol. The molecule has 0 N–H and O–H groups in total. The fourth-order valence-electron chi connectivity index (χ4n) is 3.96. The third kappa shape index (κ3) is 3.14. The van der Waals surface area contributed by atoms with E-state index in [-0.39, 0.29) is 29.5 Å². The minimum atomic E-state index is -3.17. The first kappa shape index (κ1) is 17.2. The number of rotatable bonds is 3. The summed E-state index contributed by atoms with van der Waals surface area (Å²) in [5.41, 5.74) is 1.55. The molecule has 2 fully saturated rings. The van der Waals surface area contributed by atoms with Gasteiger partial charge in [-0.2, -0.15) is 0 Å². The molecule has 2 aromatic heterocycles. The molecule has 2 saturated heterocycles. The third-order valence-electron chi connectivity index (χ3n) is 5.25. The predicted octanol–water partition coefficient (Wildman–Crippen LogP) is 1.11. The van der Waals surface area contributed by atoms with E-state index in [2.05, 4.69) is 9.88 Å². The average molecular weight is 375 g/mol. The van der Waals surface area contributed by atoms with Crippen LogP contribution < -0.4 is 0 Å². The normalized spacial score (nSPS) is 25.2. The molecule has 2 atom stereocenters. The van der Waals surface area contributed by atoms with Gasteiger partial charge in [0.25, 0.3) is 5.91 Å². The van der Waals surface area contributed by atoms with E-state index in [0.717, 1.165) is 5.56 Å². The van der Waals surface area contributed by atoms with Crippen LogP contribution in [0.5, 0.6) is 0 Å². The second kappa shape index (κ2) is 6.51. The molecule has 8 heteroatoms. The Labute approximate surface area is 152 Å². The maximum Gasteiger partial charge on any atom is 0.257 e. The van der Waals surface area contributed by atoms with Gasteiger partial charge in [0, 0.05) is 38.1 Å². The molecule has 2 aromatic rings. The Hall–Kier alpha value is -2.19. The molecular formula is C18H21N3O4S. The monoisotopic (exact) mass is 375 g/mol. The molecule has 1 amide bonds. The van der Waals surface area contributed by atoms with Crippen LogP contribution in [0.4, 0.5) is 0 Å². The zero-order chi connectivity index (χ0) is 18.3. The molecule has 0 bridgehead atoms. The van der Waals surface area contributed by atoms with E-state index < -0.39 is 9.84 Å². The van der Waals surface area contributed by atoms with E-state index in [0.29, 0.717) is 31.0 Å². The highest BCUT2D eigenvalue weighted by atomic mass is 32.2. The van der Waals surface area contributed by atoms with Gasteiger partial charge in [-0.1, -0.05) is 6.07 Å². The summed E-state index contributed by atoms with van der Waals surface area (Å²) in [6.45, 7) is 3.51. The lowest BCUT2D eigenvalue weighted by molar-refractivity contribution is 0.0304. The molecule has 0 aliphatic carbocycles. The largest absolute Gasteiger partial charge is 0.469 e. The van der Waals surface area contributed by atoms with Crippen LogP contribution >= 0.6 is 0 Å². The van der Waals surface area contributed by atoms with Crippen LogP contribution in [0.1, 0.15) is 21.7 Å². The van der Waals surface area contributed by atoms with Crippen molar-refractivity contribution in [2.24, 2.45) is 0 Å². The molecule has 26 heavy (non-hydrogen) atoms. The second-order valence-corrected chi connectivity index (χ2v) is 9.09. The number of aromatic nitrogens is 1. The number of carbonyl (C=O) groups is 1. The number of amides is 1. The summed E-state index contributed by atoms with van der Waals surface area (Å²) in [5, 5.41) is 0. The van der Waals surface area contributed by atoms with E-state index in [1.54, 1.807) is 30.3 Å². The summed E-state index contributed by atoms with van der Waals surface area (Å²) in [5.74, 6) is 0.519. The lowest BCUT2D eigenvalue weighted by atomic mass is 10.0. The van der Waals surface area contributed by atoms with Crippen LogP contribution in [0.15, 0.2) is 41.3 Å². The van der Waals surface area contributed by atoms with Crippen LogP contribution in [-0.4, -0.2) is 65.8 Å². The molecule has 2 aliphatic rings. The van der Waals surface area contributed by atoms with Crippen molar-refractivity contribution >= 4 is 15.7 Å². The Bertz CT molecular complexity index is 910. The highest BCUT2D eigenvalue weighted by Gasteiger charge is 2.48. The smallest absolute Gasteiger partial charge is 0.257 e. The Balaban J connectivity index is 1.60. The Morgan fingerprint density at radius 2 is 2.08 bits per heavy atom. The number of hydrogen-bond donors (Lipinski definition) is 0. The highest BCUT2D eigenvalue weighted by molar-refractivity contribution is 7.91. The summed E-state index contributed by atoms with van der Waals surface area (Å²) < 4.78 is 29.9. The molecule has 138 valence electrons. The van der Waals surface area contributed by atoms with E-state index in [1.165, 1.54) is 6.26 Å². The number of carbonyl (C=O) groups excluding carboxylic acids is 1. The fraction of sp³-hybridized carbons (Fsp3) is 0.444. The first-order valence-corrected chi connectivity index (χ1v) is 10.5. The number of nitrogens with zero attached hydrogens (tertiary/aromatic N) is 3. The lowest BCUT2D eigenvalue weighted by Gasteiger charge is -2.43. The first-order chi connectivity index (χ1) is 12.4. The minimum absolute atomic E-state index is 0.0177. The Morgan fingerprint density at radius 1 is 1.27 bits per heavy atom. The molecule has 0 spiro atoms. The number of furan rings is 1. The van der Waals surface area contributed by atoms with Crippen LogP contribution in [0, 0.1) is 6.92 Å². The summed E-state index contributed by atoms with van der Waals surface area (Å²) >= 11 is 0. The molecule has 2 aliphatic heterocycles. The summed E-state index contributed by atoms with van der Waals surface area (Å²) in [6, 6.07) is 4.99. The fourth-order valence-corrected chi connectivity index (χ4v) is 5.97. The van der Waals surface area contributed by atoms with E-state index in [1.807, 2.05) is 12.1 Å². The standard InChI is InChI=1S/C18H21N3O4S/c1-13-15(4-8-25-13)18(22)21-7-6-20(10-14-3-2-5-19-9-14)16-11-26(23,24)12-17(16)21/h2-5,8-9,16-17H,6-7,10-12H2,1H3/t16-,17+/m1/s1. The SMILES string of the molecule is Cc1occc1C(=O)N1CCN(Cc2cccnc2)[C@@H]2CS(=O)(=O)C[C@@H]21. The van der Waals surface area contributed by atoms with Crippen molar-refractivity contribution in [3.8, 4) is 0 Å². The number of pyridine rings is 1. The van der Waals surface area contributed by atoms with Crippen molar-refractivity contribution in [1.82, 2.24) is 14.8 Å². The number of hydrogen-bond acceptors (Lipinski definition) is 6. The van der Waals surface area contributed by atoms with Gasteiger partial charge in [-0.3, -0.25) is 14.7 Å². The van der Waals surface area contributed by atoms with Gasteiger partial charge in [0.15, 0.2) is 9.84 Å². The van der Waals surface area contributed by atoms with Crippen molar-refractivity contribution < 1.29 is 17.6 Å². The zero-order valence-electron chi connectivity index (χ0n) is 14.5. The van der Waals surface area contributed by atoms with E-state index in [4.69, 9.17) is 4.42 Å². The summed E-state index contributed by atoms with van der Waals surface area (Å²) in [6.07, 6.45) is 5.01. The van der Waals surface area contributed by atoms with Gasteiger partial charge in [0.2, 0.25) is 0 Å². The van der Waals surface area contributed by atoms with Gasteiger partial charge in [-0.15, -0.1) is 0 Å². The molecule has 0 saturated carbocycles. The topological polar surface area (TPSA) is 83.7 Å². The Morgan fingerprint density at radius 3 is 2.77 bits per heavy atom. The summed E-state index contributed by atoms with van der Waals surface area (Å²) in [4.78, 5) is 21.0. The predicted molar refractivity (Wildman–Crippen MR) is 95.4 cm³/mol. The quantitative estimate of drug-likeness (QED) is 0.799. The average Bonchev–Trinajstić information content (AvgIpc) is 3.17. The minimum Gasteiger partial charge on any atom is -0.469 e. The third-order valence-corrected chi connectivity index (χ3v) is 6.95. The molecule has 4 rings (SSSR count). The molecule has 0 aromatic carbocycles. The highest BCUT2D eigenvalue weighted by Crippen LogP contribution is 2.29. The molecule has 0 unspecified atom stereocenters. The first-order valence-electron chi connectivity index (χ1n) is 8.63. The lowest BCUT2D eigenvalue weighted by Crippen LogP contribution is -2.60. The zero-order valence-corrected chi connectivity index (χ0v) is 15.4. The maximum absolute atomic E-state index is 12.9.